The molecule has 0 aliphatic rings. The molecule has 4 heteroatoms. The zero-order valence-corrected chi connectivity index (χ0v) is 10.2. The van der Waals surface area contributed by atoms with Crippen LogP contribution in [0, 0.1) is 12.7 Å². The van der Waals surface area contributed by atoms with Crippen molar-refractivity contribution in [1.29, 1.82) is 0 Å². The first-order chi connectivity index (χ1) is 8.50. The Kier molecular flexibility index (Phi) is 3.19. The van der Waals surface area contributed by atoms with Crippen LogP contribution in [0.25, 0.3) is 0 Å². The topological polar surface area (TPSA) is 42.2 Å². The first-order valence-electron chi connectivity index (χ1n) is 5.67. The number of carboxylic acid groups (broad SMARTS) is 1. The molecule has 18 heavy (non-hydrogen) atoms. The van der Waals surface area contributed by atoms with E-state index in [2.05, 4.69) is 0 Å². The number of aromatic nitrogens is 1. The van der Waals surface area contributed by atoms with E-state index in [0.29, 0.717) is 5.56 Å². The Morgan fingerprint density at radius 1 is 1.39 bits per heavy atom. The van der Waals surface area contributed by atoms with Crippen LogP contribution in [0.2, 0.25) is 0 Å². The summed E-state index contributed by atoms with van der Waals surface area (Å²) in [4.78, 5) is 11.0. The van der Waals surface area contributed by atoms with E-state index in [-0.39, 0.29) is 17.6 Å². The molecule has 1 aromatic carbocycles. The van der Waals surface area contributed by atoms with Gasteiger partial charge in [-0.15, -0.1) is 0 Å². The molecule has 0 saturated heterocycles. The number of nitrogens with zero attached hydrogens (tertiary/aromatic N) is 1. The van der Waals surface area contributed by atoms with E-state index in [0.717, 1.165) is 5.56 Å². The zero-order valence-electron chi connectivity index (χ0n) is 10.2. The van der Waals surface area contributed by atoms with E-state index >= 15 is 0 Å². The van der Waals surface area contributed by atoms with Crippen molar-refractivity contribution in [3.63, 3.8) is 0 Å². The number of carboxylic acids is 1. The molecule has 0 fully saturated rings. The molecule has 1 N–H and O–H groups in total. The predicted octanol–water partition coefficient (Wildman–Crippen LogP) is 3.24. The van der Waals surface area contributed by atoms with Crippen LogP contribution in [-0.2, 0) is 0 Å². The molecule has 3 nitrogen and oxygen atoms in total. The number of benzene rings is 1. The average Bonchev–Trinajstić information content (AvgIpc) is 2.81. The number of carbonyl (C=O) groups is 1. The van der Waals surface area contributed by atoms with Gasteiger partial charge >= 0.3 is 5.97 Å². The first kappa shape index (κ1) is 12.4. The molecule has 0 spiro atoms. The SMILES string of the molecule is Cc1ccc(C(C)n2cccc2C(=O)O)cc1F. The Balaban J connectivity index is 2.41. The number of hydrogen-bond donors (Lipinski definition) is 1. The van der Waals surface area contributed by atoms with Crippen molar-refractivity contribution in [1.82, 2.24) is 4.57 Å². The molecule has 1 unspecified atom stereocenters. The van der Waals surface area contributed by atoms with Crippen molar-refractivity contribution in [3.05, 3.63) is 59.2 Å². The summed E-state index contributed by atoms with van der Waals surface area (Å²) in [7, 11) is 0. The van der Waals surface area contributed by atoms with Gasteiger partial charge in [0.1, 0.15) is 11.5 Å². The maximum atomic E-state index is 13.5. The second kappa shape index (κ2) is 4.64. The Hall–Kier alpha value is -2.10. The quantitative estimate of drug-likeness (QED) is 0.904. The standard InChI is InChI=1S/C14H14FNO2/c1-9-5-6-11(8-12(9)15)10(2)16-7-3-4-13(16)14(17)18/h3-8,10H,1-2H3,(H,17,18). The van der Waals surface area contributed by atoms with Crippen molar-refractivity contribution in [2.45, 2.75) is 19.9 Å². The van der Waals surface area contributed by atoms with E-state index in [1.165, 1.54) is 12.1 Å². The highest BCUT2D eigenvalue weighted by atomic mass is 19.1. The minimum atomic E-state index is -0.987. The van der Waals surface area contributed by atoms with Crippen LogP contribution < -0.4 is 0 Å². The lowest BCUT2D eigenvalue weighted by atomic mass is 10.1. The van der Waals surface area contributed by atoms with Crippen molar-refractivity contribution in [3.8, 4) is 0 Å². The van der Waals surface area contributed by atoms with Gasteiger partial charge in [-0.2, -0.15) is 0 Å². The third kappa shape index (κ3) is 2.14. The fourth-order valence-corrected chi connectivity index (χ4v) is 1.94. The van der Waals surface area contributed by atoms with Gasteiger partial charge in [0.25, 0.3) is 0 Å². The largest absolute Gasteiger partial charge is 0.477 e. The second-order valence-corrected chi connectivity index (χ2v) is 4.29. The predicted molar refractivity (Wildman–Crippen MR) is 66.3 cm³/mol. The fraction of sp³-hybridized carbons (Fsp3) is 0.214. The third-order valence-corrected chi connectivity index (χ3v) is 3.09. The smallest absolute Gasteiger partial charge is 0.352 e. The van der Waals surface area contributed by atoms with Crippen LogP contribution in [0.5, 0.6) is 0 Å². The highest BCUT2D eigenvalue weighted by Gasteiger charge is 2.15. The van der Waals surface area contributed by atoms with E-state index in [1.54, 1.807) is 29.8 Å². The molecule has 0 amide bonds. The van der Waals surface area contributed by atoms with Crippen LogP contribution >= 0.6 is 0 Å². The zero-order chi connectivity index (χ0) is 13.3. The van der Waals surface area contributed by atoms with Gasteiger partial charge in [-0.25, -0.2) is 9.18 Å². The van der Waals surface area contributed by atoms with E-state index in [9.17, 15) is 9.18 Å². The second-order valence-electron chi connectivity index (χ2n) is 4.29. The number of aryl methyl sites for hydroxylation is 1. The lowest BCUT2D eigenvalue weighted by Gasteiger charge is -2.16. The number of rotatable bonds is 3. The molecular formula is C14H14FNO2. The molecule has 1 heterocycles. The molecule has 0 aliphatic heterocycles. The van der Waals surface area contributed by atoms with Gasteiger partial charge in [0.2, 0.25) is 0 Å². The molecule has 0 bridgehead atoms. The summed E-state index contributed by atoms with van der Waals surface area (Å²) in [5.74, 6) is -1.26. The van der Waals surface area contributed by atoms with Crippen molar-refractivity contribution in [2.24, 2.45) is 0 Å². The van der Waals surface area contributed by atoms with Crippen LogP contribution in [0.1, 0.15) is 34.6 Å². The molecule has 2 aromatic rings. The Morgan fingerprint density at radius 3 is 2.72 bits per heavy atom. The maximum absolute atomic E-state index is 13.5. The molecule has 0 radical (unpaired) electrons. The molecule has 94 valence electrons. The van der Waals surface area contributed by atoms with Gasteiger partial charge in [0, 0.05) is 6.20 Å². The fourth-order valence-electron chi connectivity index (χ4n) is 1.94. The average molecular weight is 247 g/mol. The van der Waals surface area contributed by atoms with Crippen LogP contribution in [-0.4, -0.2) is 15.6 Å². The minimum Gasteiger partial charge on any atom is -0.477 e. The van der Waals surface area contributed by atoms with E-state index < -0.39 is 5.97 Å². The molecular weight excluding hydrogens is 233 g/mol. The molecule has 1 aromatic heterocycles. The first-order valence-corrected chi connectivity index (χ1v) is 5.67. The third-order valence-electron chi connectivity index (χ3n) is 3.09. The Bertz CT molecular complexity index is 589. The summed E-state index contributed by atoms with van der Waals surface area (Å²) in [5, 5.41) is 9.05. The number of halogens is 1. The van der Waals surface area contributed by atoms with Gasteiger partial charge in [0.05, 0.1) is 6.04 Å². The number of hydrogen-bond acceptors (Lipinski definition) is 1. The van der Waals surface area contributed by atoms with Gasteiger partial charge in [-0.1, -0.05) is 12.1 Å². The van der Waals surface area contributed by atoms with Gasteiger partial charge in [0.15, 0.2) is 0 Å². The molecule has 0 saturated carbocycles. The van der Waals surface area contributed by atoms with Crippen molar-refractivity contribution < 1.29 is 14.3 Å². The normalized spacial score (nSPS) is 12.4. The summed E-state index contributed by atoms with van der Waals surface area (Å²) < 4.78 is 15.1. The highest BCUT2D eigenvalue weighted by Crippen LogP contribution is 2.22. The van der Waals surface area contributed by atoms with E-state index in [4.69, 9.17) is 5.11 Å². The number of aromatic carboxylic acids is 1. The molecule has 1 atom stereocenters. The van der Waals surface area contributed by atoms with Gasteiger partial charge in [-0.05, 0) is 43.2 Å². The van der Waals surface area contributed by atoms with Crippen LogP contribution in [0.15, 0.2) is 36.5 Å². The summed E-state index contributed by atoms with van der Waals surface area (Å²) in [6, 6.07) is 7.94. The maximum Gasteiger partial charge on any atom is 0.352 e. The van der Waals surface area contributed by atoms with Gasteiger partial charge < -0.3 is 9.67 Å². The van der Waals surface area contributed by atoms with Crippen molar-refractivity contribution in [2.75, 3.05) is 0 Å². The summed E-state index contributed by atoms with van der Waals surface area (Å²) in [6.45, 7) is 3.54. The minimum absolute atomic E-state index is 0.198. The Morgan fingerprint density at radius 2 is 2.11 bits per heavy atom. The summed E-state index contributed by atoms with van der Waals surface area (Å²) in [5.41, 5.74) is 1.53. The lowest BCUT2D eigenvalue weighted by Crippen LogP contribution is -2.13. The lowest BCUT2D eigenvalue weighted by molar-refractivity contribution is 0.0684. The molecule has 0 aliphatic carbocycles. The van der Waals surface area contributed by atoms with Gasteiger partial charge in [-0.3, -0.25) is 0 Å². The monoisotopic (exact) mass is 247 g/mol. The Labute approximate surface area is 104 Å². The molecule has 2 rings (SSSR count). The van der Waals surface area contributed by atoms with Crippen LogP contribution in [0.3, 0.4) is 0 Å². The van der Waals surface area contributed by atoms with E-state index in [1.807, 2.05) is 13.0 Å². The highest BCUT2D eigenvalue weighted by molar-refractivity contribution is 5.85. The van der Waals surface area contributed by atoms with Crippen molar-refractivity contribution >= 4 is 5.97 Å². The summed E-state index contributed by atoms with van der Waals surface area (Å²) >= 11 is 0. The van der Waals surface area contributed by atoms with Crippen LogP contribution in [0.4, 0.5) is 4.39 Å². The summed E-state index contributed by atoms with van der Waals surface area (Å²) in [6.07, 6.45) is 1.69.